The monoisotopic (exact) mass is 394 g/mol. The van der Waals surface area contributed by atoms with Crippen LogP contribution in [0.4, 0.5) is 4.39 Å². The fourth-order valence-corrected chi connectivity index (χ4v) is 3.74. The molecule has 6 heteroatoms. The maximum absolute atomic E-state index is 13.1. The number of methoxy groups -OCH3 is 1. The molecule has 0 saturated carbocycles. The Labute approximate surface area is 169 Å². The molecule has 0 N–H and O–H groups in total. The molecule has 2 aromatic carbocycles. The second-order valence-electron chi connectivity index (χ2n) is 7.24. The molecule has 1 aliphatic rings. The second kappa shape index (κ2) is 8.47. The van der Waals surface area contributed by atoms with E-state index in [-0.39, 0.29) is 17.8 Å². The number of oxazole rings is 1. The number of hydrogen-bond acceptors (Lipinski definition) is 4. The minimum absolute atomic E-state index is 0.0547. The maximum atomic E-state index is 13.1. The number of rotatable bonds is 6. The van der Waals surface area contributed by atoms with Crippen molar-refractivity contribution >= 4 is 5.91 Å². The van der Waals surface area contributed by atoms with Crippen LogP contribution in [0.3, 0.4) is 0 Å². The van der Waals surface area contributed by atoms with Crippen LogP contribution in [0.1, 0.15) is 41.7 Å². The molecule has 5 nitrogen and oxygen atoms in total. The summed E-state index contributed by atoms with van der Waals surface area (Å²) in [4.78, 5) is 19.2. The largest absolute Gasteiger partial charge is 0.497 e. The second-order valence-corrected chi connectivity index (χ2v) is 7.24. The van der Waals surface area contributed by atoms with Crippen LogP contribution >= 0.6 is 0 Å². The molecule has 1 aromatic heterocycles. The van der Waals surface area contributed by atoms with Gasteiger partial charge in [0.15, 0.2) is 0 Å². The van der Waals surface area contributed by atoms with Crippen molar-refractivity contribution in [3.05, 3.63) is 83.3 Å². The molecule has 2 heterocycles. The van der Waals surface area contributed by atoms with Gasteiger partial charge >= 0.3 is 0 Å². The Morgan fingerprint density at radius 1 is 1.24 bits per heavy atom. The Morgan fingerprint density at radius 2 is 2.07 bits per heavy atom. The lowest BCUT2D eigenvalue weighted by Gasteiger charge is -2.22. The van der Waals surface area contributed by atoms with E-state index in [2.05, 4.69) is 4.98 Å². The predicted octanol–water partition coefficient (Wildman–Crippen LogP) is 4.32. The number of nitrogens with zero attached hydrogens (tertiary/aromatic N) is 2. The molecule has 150 valence electrons. The predicted molar refractivity (Wildman–Crippen MR) is 106 cm³/mol. The lowest BCUT2D eigenvalue weighted by molar-refractivity contribution is -0.131. The number of carbonyl (C=O) groups excluding carboxylic acids is 1. The van der Waals surface area contributed by atoms with Crippen LogP contribution in [0.2, 0.25) is 0 Å². The van der Waals surface area contributed by atoms with Gasteiger partial charge in [0.1, 0.15) is 23.4 Å². The number of amides is 1. The summed E-state index contributed by atoms with van der Waals surface area (Å²) in [7, 11) is 1.61. The van der Waals surface area contributed by atoms with Gasteiger partial charge in [-0.15, -0.1) is 0 Å². The van der Waals surface area contributed by atoms with Crippen LogP contribution in [-0.2, 0) is 17.6 Å². The Balaban J connectivity index is 1.44. The maximum Gasteiger partial charge on any atom is 0.227 e. The minimum Gasteiger partial charge on any atom is -0.497 e. The summed E-state index contributed by atoms with van der Waals surface area (Å²) in [6.45, 7) is 0.698. The van der Waals surface area contributed by atoms with Gasteiger partial charge in [0.25, 0.3) is 0 Å². The van der Waals surface area contributed by atoms with Crippen molar-refractivity contribution in [1.82, 2.24) is 9.88 Å². The molecule has 0 bridgehead atoms. The average Bonchev–Trinajstić information content (AvgIpc) is 3.39. The number of carbonyl (C=O) groups is 1. The highest BCUT2D eigenvalue weighted by atomic mass is 19.1. The fraction of sp³-hybridized carbons (Fsp3) is 0.304. The standard InChI is InChI=1S/C23H23FN2O3/c1-28-19-5-2-4-17(13-19)14-22(27)26-11-3-6-21(26)23-25-15-20(29-23)12-16-7-9-18(24)10-8-16/h2,4-5,7-10,13,15,21H,3,6,11-12,14H2,1H3. The Hall–Kier alpha value is -3.15. The molecule has 0 aliphatic carbocycles. The molecule has 0 spiro atoms. The first-order chi connectivity index (χ1) is 14.1. The van der Waals surface area contributed by atoms with Gasteiger partial charge in [0.05, 0.1) is 19.7 Å². The number of hydrogen-bond donors (Lipinski definition) is 0. The van der Waals surface area contributed by atoms with Crippen molar-refractivity contribution in [1.29, 1.82) is 0 Å². The molecule has 1 unspecified atom stereocenters. The Morgan fingerprint density at radius 3 is 2.86 bits per heavy atom. The smallest absolute Gasteiger partial charge is 0.227 e. The summed E-state index contributed by atoms with van der Waals surface area (Å²) in [6.07, 6.45) is 4.31. The van der Waals surface area contributed by atoms with Gasteiger partial charge in [-0.25, -0.2) is 9.37 Å². The first-order valence-electron chi connectivity index (χ1n) is 9.74. The van der Waals surface area contributed by atoms with Gasteiger partial charge < -0.3 is 14.1 Å². The number of likely N-dealkylation sites (tertiary alicyclic amines) is 1. The topological polar surface area (TPSA) is 55.6 Å². The first-order valence-corrected chi connectivity index (χ1v) is 9.74. The highest BCUT2D eigenvalue weighted by molar-refractivity contribution is 5.79. The average molecular weight is 394 g/mol. The van der Waals surface area contributed by atoms with Crippen molar-refractivity contribution in [2.45, 2.75) is 31.7 Å². The van der Waals surface area contributed by atoms with Gasteiger partial charge in [0, 0.05) is 13.0 Å². The van der Waals surface area contributed by atoms with Crippen LogP contribution in [0, 0.1) is 5.82 Å². The van der Waals surface area contributed by atoms with E-state index >= 15 is 0 Å². The van der Waals surface area contributed by atoms with Crippen molar-refractivity contribution in [3.8, 4) is 5.75 Å². The van der Waals surface area contributed by atoms with Crippen LogP contribution in [0.15, 0.2) is 59.1 Å². The van der Waals surface area contributed by atoms with E-state index in [0.717, 1.165) is 29.7 Å². The van der Waals surface area contributed by atoms with E-state index in [0.29, 0.717) is 31.0 Å². The zero-order chi connectivity index (χ0) is 20.2. The Bertz CT molecular complexity index is 984. The van der Waals surface area contributed by atoms with E-state index in [9.17, 15) is 9.18 Å². The minimum atomic E-state index is -0.261. The normalized spacial score (nSPS) is 16.2. The molecule has 29 heavy (non-hydrogen) atoms. The molecule has 1 fully saturated rings. The number of aromatic nitrogens is 1. The number of halogens is 1. The van der Waals surface area contributed by atoms with Crippen molar-refractivity contribution < 1.29 is 18.3 Å². The fourth-order valence-electron chi connectivity index (χ4n) is 3.74. The van der Waals surface area contributed by atoms with E-state index in [1.54, 1.807) is 25.4 Å². The van der Waals surface area contributed by atoms with Gasteiger partial charge in [-0.3, -0.25) is 4.79 Å². The van der Waals surface area contributed by atoms with Crippen LogP contribution in [-0.4, -0.2) is 29.4 Å². The number of benzene rings is 2. The lowest BCUT2D eigenvalue weighted by atomic mass is 10.1. The SMILES string of the molecule is COc1cccc(CC(=O)N2CCCC2c2ncc(Cc3ccc(F)cc3)o2)c1. The molecule has 1 atom stereocenters. The van der Waals surface area contributed by atoms with Crippen molar-refractivity contribution in [2.24, 2.45) is 0 Å². The summed E-state index contributed by atoms with van der Waals surface area (Å²) < 4.78 is 24.3. The van der Waals surface area contributed by atoms with E-state index in [1.165, 1.54) is 12.1 Å². The summed E-state index contributed by atoms with van der Waals surface area (Å²) in [6, 6.07) is 13.8. The van der Waals surface area contributed by atoms with Gasteiger partial charge in [-0.1, -0.05) is 24.3 Å². The molecule has 1 saturated heterocycles. The van der Waals surface area contributed by atoms with Crippen LogP contribution in [0.5, 0.6) is 5.75 Å². The number of ether oxygens (including phenoxy) is 1. The third kappa shape index (κ3) is 4.47. The van der Waals surface area contributed by atoms with E-state index < -0.39 is 0 Å². The summed E-state index contributed by atoms with van der Waals surface area (Å²) in [5.74, 6) is 1.81. The van der Waals surface area contributed by atoms with Crippen LogP contribution < -0.4 is 4.74 Å². The van der Waals surface area contributed by atoms with Gasteiger partial charge in [0.2, 0.25) is 11.8 Å². The zero-order valence-electron chi connectivity index (χ0n) is 16.3. The van der Waals surface area contributed by atoms with E-state index in [4.69, 9.17) is 9.15 Å². The zero-order valence-corrected chi connectivity index (χ0v) is 16.3. The molecule has 4 rings (SSSR count). The van der Waals surface area contributed by atoms with Gasteiger partial charge in [-0.2, -0.15) is 0 Å². The molecule has 0 radical (unpaired) electrons. The highest BCUT2D eigenvalue weighted by Gasteiger charge is 2.33. The summed E-state index contributed by atoms with van der Waals surface area (Å²) in [5, 5.41) is 0. The Kier molecular flexibility index (Phi) is 5.60. The summed E-state index contributed by atoms with van der Waals surface area (Å²) in [5.41, 5.74) is 1.87. The van der Waals surface area contributed by atoms with Crippen LogP contribution in [0.25, 0.3) is 0 Å². The molecule has 3 aromatic rings. The first kappa shape index (κ1) is 19.2. The molecular formula is C23H23FN2O3. The summed E-state index contributed by atoms with van der Waals surface area (Å²) >= 11 is 0. The molecule has 1 aliphatic heterocycles. The lowest BCUT2D eigenvalue weighted by Crippen LogP contribution is -2.32. The van der Waals surface area contributed by atoms with Crippen molar-refractivity contribution in [2.75, 3.05) is 13.7 Å². The molecule has 1 amide bonds. The molecular weight excluding hydrogens is 371 g/mol. The van der Waals surface area contributed by atoms with Gasteiger partial charge in [-0.05, 0) is 48.2 Å². The quantitative estimate of drug-likeness (QED) is 0.625. The van der Waals surface area contributed by atoms with E-state index in [1.807, 2.05) is 29.2 Å². The third-order valence-electron chi connectivity index (χ3n) is 5.21. The van der Waals surface area contributed by atoms with Crippen molar-refractivity contribution in [3.63, 3.8) is 0 Å². The third-order valence-corrected chi connectivity index (χ3v) is 5.21. The highest BCUT2D eigenvalue weighted by Crippen LogP contribution is 2.32.